The highest BCUT2D eigenvalue weighted by molar-refractivity contribution is 5.88. The lowest BCUT2D eigenvalue weighted by Gasteiger charge is -2.39. The molecule has 0 aliphatic carbocycles. The number of phenols is 2. The van der Waals surface area contributed by atoms with Crippen molar-refractivity contribution >= 4 is 11.0 Å². The van der Waals surface area contributed by atoms with Gasteiger partial charge in [-0.05, 0) is 24.3 Å². The van der Waals surface area contributed by atoms with Crippen molar-refractivity contribution in [3.05, 3.63) is 42.5 Å². The molecule has 2 saturated heterocycles. The third-order valence-corrected chi connectivity index (χ3v) is 7.13. The molecule has 2 fully saturated rings. The van der Waals surface area contributed by atoms with Gasteiger partial charge in [0, 0.05) is 12.1 Å². The van der Waals surface area contributed by atoms with Crippen LogP contribution in [0.3, 0.4) is 0 Å². The monoisotopic (exact) mass is 595 g/mol. The Morgan fingerprint density at radius 1 is 0.667 bits per heavy atom. The van der Waals surface area contributed by atoms with E-state index in [9.17, 15) is 51.1 Å². The van der Waals surface area contributed by atoms with Gasteiger partial charge in [0.2, 0.25) is 18.3 Å². The molecular formula is C27H31O15+. The lowest BCUT2D eigenvalue weighted by molar-refractivity contribution is -0.277. The molecule has 2 aliphatic rings. The molecule has 0 spiro atoms. The summed E-state index contributed by atoms with van der Waals surface area (Å²) in [4.78, 5) is 0. The van der Waals surface area contributed by atoms with E-state index in [0.29, 0.717) is 5.56 Å². The first kappa shape index (κ1) is 30.1. The Balaban J connectivity index is 1.53. The number of hydrogen-bond donors (Lipinski definition) is 10. The molecule has 0 bridgehead atoms. The van der Waals surface area contributed by atoms with Gasteiger partial charge >= 0.3 is 11.3 Å². The topological polar surface area (TPSA) is 251 Å². The molecule has 228 valence electrons. The van der Waals surface area contributed by atoms with Gasteiger partial charge in [0.15, 0.2) is 0 Å². The van der Waals surface area contributed by atoms with Gasteiger partial charge in [-0.2, -0.15) is 0 Å². The van der Waals surface area contributed by atoms with Gasteiger partial charge in [0.05, 0.1) is 24.8 Å². The summed E-state index contributed by atoms with van der Waals surface area (Å²) in [7, 11) is 0. The van der Waals surface area contributed by atoms with Crippen LogP contribution < -0.4 is 9.47 Å². The summed E-state index contributed by atoms with van der Waals surface area (Å²) >= 11 is 0. The fourth-order valence-electron chi connectivity index (χ4n) is 4.73. The molecule has 1 aromatic heterocycles. The van der Waals surface area contributed by atoms with Crippen LogP contribution in [0.2, 0.25) is 0 Å². The molecule has 0 saturated carbocycles. The second kappa shape index (κ2) is 12.1. The molecule has 15 nitrogen and oxygen atoms in total. The third-order valence-electron chi connectivity index (χ3n) is 7.13. The Labute approximate surface area is 237 Å². The maximum absolute atomic E-state index is 10.8. The van der Waals surface area contributed by atoms with Gasteiger partial charge in [0.1, 0.15) is 71.5 Å². The number of rotatable bonds is 7. The SMILES string of the molecule is OC[C@H]1O[C@@H](Oc2cc(O)c3cc(O[C@@H]4O[C@H](CO)[C@@H](O)[C@H](O)[C@H]4O)c(-c4ccc(O)cc4)[o+]c3c2)[C@H](O)[C@@H](O)[C@@H]1O. The van der Waals surface area contributed by atoms with Crippen molar-refractivity contribution in [2.45, 2.75) is 61.4 Å². The summed E-state index contributed by atoms with van der Waals surface area (Å²) in [5.74, 6) is -0.651. The van der Waals surface area contributed by atoms with Crippen molar-refractivity contribution in [2.24, 2.45) is 0 Å². The number of aliphatic hydroxyl groups is 8. The van der Waals surface area contributed by atoms with E-state index in [0.717, 1.165) is 6.07 Å². The maximum Gasteiger partial charge on any atom is 0.402 e. The zero-order chi connectivity index (χ0) is 30.3. The zero-order valence-electron chi connectivity index (χ0n) is 21.7. The van der Waals surface area contributed by atoms with E-state index in [-0.39, 0.29) is 34.0 Å². The van der Waals surface area contributed by atoms with Crippen molar-refractivity contribution in [3.63, 3.8) is 0 Å². The van der Waals surface area contributed by atoms with Crippen LogP contribution in [0.1, 0.15) is 0 Å². The van der Waals surface area contributed by atoms with Crippen LogP contribution in [0.15, 0.2) is 46.9 Å². The number of benzene rings is 2. The largest absolute Gasteiger partial charge is 0.508 e. The Morgan fingerprint density at radius 3 is 1.76 bits per heavy atom. The molecule has 42 heavy (non-hydrogen) atoms. The number of phenolic OH excluding ortho intramolecular Hbond substituents is 2. The Hall–Kier alpha value is -3.35. The van der Waals surface area contributed by atoms with Crippen LogP contribution in [-0.2, 0) is 9.47 Å². The predicted octanol–water partition coefficient (Wildman–Crippen LogP) is -1.85. The van der Waals surface area contributed by atoms with E-state index >= 15 is 0 Å². The Kier molecular flexibility index (Phi) is 8.68. The quantitative estimate of drug-likeness (QED) is 0.135. The molecule has 3 heterocycles. The predicted molar refractivity (Wildman–Crippen MR) is 138 cm³/mol. The lowest BCUT2D eigenvalue weighted by Crippen LogP contribution is -2.60. The van der Waals surface area contributed by atoms with Crippen molar-refractivity contribution in [3.8, 4) is 34.3 Å². The second-order valence-electron chi connectivity index (χ2n) is 9.97. The number of aromatic hydroxyl groups is 2. The average Bonchev–Trinajstić information content (AvgIpc) is 2.98. The minimum atomic E-state index is -1.74. The Bertz CT molecular complexity index is 1380. The summed E-state index contributed by atoms with van der Waals surface area (Å²) in [6.45, 7) is -1.36. The molecule has 10 N–H and O–H groups in total. The van der Waals surface area contributed by atoms with Crippen LogP contribution in [0.5, 0.6) is 23.0 Å². The number of fused-ring (bicyclic) bond motifs is 1. The van der Waals surface area contributed by atoms with E-state index in [1.54, 1.807) is 0 Å². The van der Waals surface area contributed by atoms with Crippen LogP contribution in [0.4, 0.5) is 0 Å². The van der Waals surface area contributed by atoms with Crippen molar-refractivity contribution in [2.75, 3.05) is 13.2 Å². The Morgan fingerprint density at radius 2 is 1.21 bits per heavy atom. The fraction of sp³-hybridized carbons (Fsp3) is 0.444. The van der Waals surface area contributed by atoms with Crippen molar-refractivity contribution in [1.29, 1.82) is 0 Å². The summed E-state index contributed by atoms with van der Waals surface area (Å²) in [5, 5.41) is 101. The summed E-state index contributed by atoms with van der Waals surface area (Å²) in [6, 6.07) is 9.47. The molecule has 0 unspecified atom stereocenters. The normalized spacial score (nSPS) is 33.4. The summed E-state index contributed by atoms with van der Waals surface area (Å²) in [6.07, 6.45) is -15.7. The van der Waals surface area contributed by atoms with Crippen LogP contribution >= 0.6 is 0 Å². The molecule has 5 rings (SSSR count). The summed E-state index contributed by atoms with van der Waals surface area (Å²) < 4.78 is 28.3. The standard InChI is InChI=1S/C27H30O15/c28-8-17-19(32)21(34)23(36)26(41-17)38-12-5-14(31)13-7-16(40-27-24(37)22(35)20(33)18(9-29)42-27)25(39-15(13)6-12)10-1-3-11(30)4-2-10/h1-7,17-24,26-29,32-37H,8-9H2,(H-,30,31)/p+1/t17-,18-,19-,20-,21+,22+,23-,24-,26-,27-/m1/s1. The van der Waals surface area contributed by atoms with E-state index < -0.39 is 80.4 Å². The van der Waals surface area contributed by atoms with Gasteiger partial charge in [-0.15, -0.1) is 0 Å². The van der Waals surface area contributed by atoms with E-state index in [1.165, 1.54) is 36.4 Å². The first-order valence-electron chi connectivity index (χ1n) is 12.9. The third kappa shape index (κ3) is 5.67. The second-order valence-corrected chi connectivity index (χ2v) is 9.97. The van der Waals surface area contributed by atoms with Gasteiger partial charge in [0.25, 0.3) is 0 Å². The van der Waals surface area contributed by atoms with Gasteiger partial charge < -0.3 is 70.0 Å². The van der Waals surface area contributed by atoms with Gasteiger partial charge in [-0.3, -0.25) is 0 Å². The fourth-order valence-corrected chi connectivity index (χ4v) is 4.73. The number of aliphatic hydroxyl groups excluding tert-OH is 8. The molecular weight excluding hydrogens is 564 g/mol. The maximum atomic E-state index is 10.8. The lowest BCUT2D eigenvalue weighted by atomic mass is 9.99. The minimum absolute atomic E-state index is 0.00357. The van der Waals surface area contributed by atoms with Crippen LogP contribution in [0.25, 0.3) is 22.3 Å². The molecule has 2 aromatic carbocycles. The van der Waals surface area contributed by atoms with Crippen molar-refractivity contribution < 1.29 is 74.4 Å². The van der Waals surface area contributed by atoms with Crippen molar-refractivity contribution in [1.82, 2.24) is 0 Å². The van der Waals surface area contributed by atoms with E-state index in [1.807, 2.05) is 0 Å². The first-order chi connectivity index (χ1) is 20.0. The molecule has 0 radical (unpaired) electrons. The zero-order valence-corrected chi connectivity index (χ0v) is 21.7. The van der Waals surface area contributed by atoms with Gasteiger partial charge in [-0.1, -0.05) is 0 Å². The highest BCUT2D eigenvalue weighted by atomic mass is 16.7. The molecule has 10 atom stereocenters. The van der Waals surface area contributed by atoms with Crippen LogP contribution in [0, 0.1) is 0 Å². The van der Waals surface area contributed by atoms with E-state index in [4.69, 9.17) is 23.4 Å². The highest BCUT2D eigenvalue weighted by Gasteiger charge is 2.46. The minimum Gasteiger partial charge on any atom is -0.508 e. The summed E-state index contributed by atoms with van der Waals surface area (Å²) in [5.41, 5.74) is 0.368. The molecule has 0 amide bonds. The highest BCUT2D eigenvalue weighted by Crippen LogP contribution is 2.41. The number of hydrogen-bond acceptors (Lipinski definition) is 14. The number of ether oxygens (including phenoxy) is 4. The molecule has 15 heteroatoms. The van der Waals surface area contributed by atoms with E-state index in [2.05, 4.69) is 0 Å². The average molecular weight is 596 g/mol. The van der Waals surface area contributed by atoms with Gasteiger partial charge in [-0.25, -0.2) is 4.42 Å². The first-order valence-corrected chi connectivity index (χ1v) is 12.9. The smallest absolute Gasteiger partial charge is 0.402 e. The molecule has 3 aromatic rings. The van der Waals surface area contributed by atoms with Crippen LogP contribution in [-0.4, -0.2) is 126 Å². The molecule has 2 aliphatic heterocycles.